The fourth-order valence-electron chi connectivity index (χ4n) is 1.83. The van der Waals surface area contributed by atoms with Gasteiger partial charge >= 0.3 is 0 Å². The number of rotatable bonds is 3. The van der Waals surface area contributed by atoms with Gasteiger partial charge in [-0.15, -0.1) is 23.7 Å². The molecule has 3 aromatic heterocycles. The Morgan fingerprint density at radius 1 is 1.47 bits per heavy atom. The maximum absolute atomic E-state index is 12.1. The zero-order chi connectivity index (χ0) is 12.5. The molecule has 0 amide bonds. The molecular weight excluding hydrogens is 286 g/mol. The summed E-state index contributed by atoms with van der Waals surface area (Å²) >= 11 is 1.66. The van der Waals surface area contributed by atoms with Crippen molar-refractivity contribution in [2.75, 3.05) is 5.73 Å². The van der Waals surface area contributed by atoms with Crippen molar-refractivity contribution in [1.29, 1.82) is 0 Å². The van der Waals surface area contributed by atoms with E-state index in [2.05, 4.69) is 15.0 Å². The first kappa shape index (κ1) is 13.6. The zero-order valence-corrected chi connectivity index (χ0v) is 11.5. The van der Waals surface area contributed by atoms with Crippen molar-refractivity contribution in [3.8, 4) is 0 Å². The van der Waals surface area contributed by atoms with Crippen molar-refractivity contribution in [1.82, 2.24) is 19.5 Å². The summed E-state index contributed by atoms with van der Waals surface area (Å²) in [7, 11) is 0. The number of aromatic amines is 1. The first-order valence-corrected chi connectivity index (χ1v) is 6.35. The Morgan fingerprint density at radius 2 is 2.32 bits per heavy atom. The molecule has 0 spiro atoms. The van der Waals surface area contributed by atoms with E-state index < -0.39 is 0 Å². The van der Waals surface area contributed by atoms with Gasteiger partial charge in [0.05, 0.1) is 6.33 Å². The lowest BCUT2D eigenvalue weighted by atomic mass is 10.3. The number of aromatic nitrogens is 4. The van der Waals surface area contributed by atoms with E-state index in [1.165, 1.54) is 15.8 Å². The molecular formula is C11H12ClN5OS. The molecule has 3 rings (SSSR count). The minimum absolute atomic E-state index is 0. The second kappa shape index (κ2) is 5.41. The zero-order valence-electron chi connectivity index (χ0n) is 9.87. The molecule has 0 aromatic carbocycles. The van der Waals surface area contributed by atoms with Crippen LogP contribution in [0.2, 0.25) is 0 Å². The van der Waals surface area contributed by atoms with Crippen LogP contribution in [0.15, 0.2) is 28.6 Å². The number of anilines is 1. The molecule has 100 valence electrons. The van der Waals surface area contributed by atoms with Gasteiger partial charge in [-0.05, 0) is 17.9 Å². The molecule has 0 aliphatic carbocycles. The number of H-pyrrole nitrogens is 1. The van der Waals surface area contributed by atoms with Crippen molar-refractivity contribution in [3.63, 3.8) is 0 Å². The summed E-state index contributed by atoms with van der Waals surface area (Å²) in [5, 5.41) is 2.01. The van der Waals surface area contributed by atoms with Gasteiger partial charge in [-0.1, -0.05) is 6.07 Å². The molecule has 0 unspecified atom stereocenters. The summed E-state index contributed by atoms with van der Waals surface area (Å²) in [6.45, 7) is 0.521. The first-order chi connectivity index (χ1) is 8.75. The van der Waals surface area contributed by atoms with E-state index >= 15 is 0 Å². The lowest BCUT2D eigenvalue weighted by molar-refractivity contribution is 0.678. The van der Waals surface area contributed by atoms with Gasteiger partial charge in [0.2, 0.25) is 5.95 Å². The lowest BCUT2D eigenvalue weighted by Crippen LogP contribution is -2.25. The maximum Gasteiger partial charge on any atom is 0.280 e. The number of imidazole rings is 1. The van der Waals surface area contributed by atoms with E-state index in [4.69, 9.17) is 5.73 Å². The Morgan fingerprint density at radius 3 is 3.05 bits per heavy atom. The van der Waals surface area contributed by atoms with Gasteiger partial charge in [0, 0.05) is 11.4 Å². The van der Waals surface area contributed by atoms with Gasteiger partial charge in [0.1, 0.15) is 0 Å². The lowest BCUT2D eigenvalue weighted by Gasteiger charge is -2.07. The monoisotopic (exact) mass is 297 g/mol. The Hall–Kier alpha value is -1.86. The highest BCUT2D eigenvalue weighted by atomic mass is 35.5. The number of aryl methyl sites for hydroxylation is 1. The summed E-state index contributed by atoms with van der Waals surface area (Å²) in [6.07, 6.45) is 2.21. The van der Waals surface area contributed by atoms with Gasteiger partial charge in [-0.2, -0.15) is 4.98 Å². The smallest absolute Gasteiger partial charge is 0.280 e. The summed E-state index contributed by atoms with van der Waals surface area (Å²) < 4.78 is 1.47. The van der Waals surface area contributed by atoms with Crippen molar-refractivity contribution < 1.29 is 0 Å². The molecule has 3 aromatic rings. The summed E-state index contributed by atoms with van der Waals surface area (Å²) in [5.41, 5.74) is 6.38. The van der Waals surface area contributed by atoms with E-state index in [0.717, 1.165) is 6.42 Å². The molecule has 0 fully saturated rings. The van der Waals surface area contributed by atoms with Crippen molar-refractivity contribution in [3.05, 3.63) is 39.1 Å². The molecule has 0 atom stereocenters. The third kappa shape index (κ3) is 2.47. The van der Waals surface area contributed by atoms with E-state index in [1.54, 1.807) is 11.3 Å². The highest BCUT2D eigenvalue weighted by Crippen LogP contribution is 2.11. The molecule has 0 radical (unpaired) electrons. The predicted molar refractivity (Wildman–Crippen MR) is 77.8 cm³/mol. The van der Waals surface area contributed by atoms with Crippen LogP contribution in [0.4, 0.5) is 5.95 Å². The van der Waals surface area contributed by atoms with Crippen LogP contribution in [0, 0.1) is 0 Å². The number of nitrogen functional groups attached to an aromatic ring is 1. The maximum atomic E-state index is 12.1. The second-order valence-corrected chi connectivity index (χ2v) is 4.89. The summed E-state index contributed by atoms with van der Waals surface area (Å²) in [6, 6.07) is 4.02. The number of thiophene rings is 1. The third-order valence-corrected chi connectivity index (χ3v) is 3.67. The van der Waals surface area contributed by atoms with Crippen LogP contribution in [0.25, 0.3) is 11.2 Å². The Balaban J connectivity index is 0.00000133. The third-order valence-electron chi connectivity index (χ3n) is 2.74. The predicted octanol–water partition coefficient (Wildman–Crippen LogP) is 1.43. The van der Waals surface area contributed by atoms with Crippen LogP contribution in [-0.2, 0) is 13.0 Å². The number of halogens is 1. The first-order valence-electron chi connectivity index (χ1n) is 5.47. The van der Waals surface area contributed by atoms with Gasteiger partial charge in [-0.25, -0.2) is 4.98 Å². The van der Waals surface area contributed by atoms with E-state index in [9.17, 15) is 4.79 Å². The Kier molecular flexibility index (Phi) is 3.87. The van der Waals surface area contributed by atoms with Gasteiger partial charge in [0.15, 0.2) is 11.2 Å². The van der Waals surface area contributed by atoms with Crippen molar-refractivity contribution in [2.45, 2.75) is 13.0 Å². The van der Waals surface area contributed by atoms with Crippen LogP contribution in [0.5, 0.6) is 0 Å². The van der Waals surface area contributed by atoms with Crippen LogP contribution >= 0.6 is 23.7 Å². The molecule has 3 heterocycles. The highest BCUT2D eigenvalue weighted by molar-refractivity contribution is 7.09. The van der Waals surface area contributed by atoms with Crippen LogP contribution < -0.4 is 11.3 Å². The molecule has 6 nitrogen and oxygen atoms in total. The molecule has 0 saturated carbocycles. The number of fused-ring (bicyclic) bond motifs is 1. The fraction of sp³-hybridized carbons (Fsp3) is 0.182. The van der Waals surface area contributed by atoms with E-state index in [1.807, 2.05) is 17.5 Å². The standard InChI is InChI=1S/C11H11N5OS.ClH/c12-11-15-9-8(13-6-14-9)10(17)16(11)4-3-7-2-1-5-18-7;/h1-2,5-6H,3-4H2,(H2,12,15)(H,13,14);1H. The average molecular weight is 298 g/mol. The van der Waals surface area contributed by atoms with Crippen molar-refractivity contribution in [2.24, 2.45) is 0 Å². The van der Waals surface area contributed by atoms with Gasteiger partial charge in [0.25, 0.3) is 5.56 Å². The van der Waals surface area contributed by atoms with E-state index in [-0.39, 0.29) is 23.9 Å². The van der Waals surface area contributed by atoms with Gasteiger partial charge in [-0.3, -0.25) is 9.36 Å². The normalized spacial score (nSPS) is 10.5. The minimum atomic E-state index is -0.174. The number of nitrogens with two attached hydrogens (primary N) is 1. The molecule has 0 aliphatic heterocycles. The van der Waals surface area contributed by atoms with E-state index in [0.29, 0.717) is 17.7 Å². The van der Waals surface area contributed by atoms with Crippen LogP contribution in [-0.4, -0.2) is 19.5 Å². The number of hydrogen-bond acceptors (Lipinski definition) is 5. The Bertz CT molecular complexity index is 733. The highest BCUT2D eigenvalue weighted by Gasteiger charge is 2.10. The van der Waals surface area contributed by atoms with Crippen LogP contribution in [0.1, 0.15) is 4.88 Å². The quantitative estimate of drug-likeness (QED) is 0.765. The largest absolute Gasteiger partial charge is 0.369 e. The Labute approximate surface area is 118 Å². The molecule has 0 bridgehead atoms. The summed E-state index contributed by atoms with van der Waals surface area (Å²) in [5.74, 6) is 0.205. The number of hydrogen-bond donors (Lipinski definition) is 2. The molecule has 0 aliphatic rings. The minimum Gasteiger partial charge on any atom is -0.369 e. The number of nitrogens with one attached hydrogen (secondary N) is 1. The average Bonchev–Trinajstić information content (AvgIpc) is 2.98. The summed E-state index contributed by atoms with van der Waals surface area (Å²) in [4.78, 5) is 24.2. The second-order valence-electron chi connectivity index (χ2n) is 3.86. The van der Waals surface area contributed by atoms with Gasteiger partial charge < -0.3 is 10.7 Å². The van der Waals surface area contributed by atoms with Crippen molar-refractivity contribution >= 4 is 40.9 Å². The molecule has 0 saturated heterocycles. The molecule has 3 N–H and O–H groups in total. The van der Waals surface area contributed by atoms with Crippen LogP contribution in [0.3, 0.4) is 0 Å². The fourth-order valence-corrected chi connectivity index (χ4v) is 2.53. The topological polar surface area (TPSA) is 89.6 Å². The molecule has 8 heteroatoms. The SMILES string of the molecule is Cl.Nc1nc2nc[nH]c2c(=O)n1CCc1cccs1. The number of nitrogens with zero attached hydrogens (tertiary/aromatic N) is 3. The molecule has 19 heavy (non-hydrogen) atoms.